The largest absolute Gasteiger partial charge is 0.476 e. The summed E-state index contributed by atoms with van der Waals surface area (Å²) in [6.07, 6.45) is 1.54. The standard InChI is InChI=1S/C18H22ClN3O6S.C14H17ClN2O5S/c1-9-20-13(14(19)29-9)12(11(23)7-10-8-26-22-15(10)24)21-28-18(5-6-18)16(25)27-17(2,3)4;1-7-16-8(10(15)23-7)9(11(18)19)17-22-14(5-6-14)12(20)21-13(2,3)4/h10H,5-8H2,1-4H3,(H,22,24);5-6H2,1-4H3,(H,18,19)/b21-12+;17-9-/t10-;/m0./s1. The van der Waals surface area contributed by atoms with Crippen molar-refractivity contribution in [2.24, 2.45) is 16.2 Å². The summed E-state index contributed by atoms with van der Waals surface area (Å²) >= 11 is 14.5. The van der Waals surface area contributed by atoms with Crippen molar-refractivity contribution in [3.63, 3.8) is 0 Å². The first-order valence-corrected chi connectivity index (χ1v) is 18.4. The van der Waals surface area contributed by atoms with Gasteiger partial charge in [-0.3, -0.25) is 14.4 Å². The van der Waals surface area contributed by atoms with Crippen LogP contribution < -0.4 is 5.48 Å². The lowest BCUT2D eigenvalue weighted by Crippen LogP contribution is -2.35. The molecule has 2 aromatic rings. The molecule has 20 heteroatoms. The maximum Gasteiger partial charge on any atom is 0.360 e. The molecule has 2 aliphatic carbocycles. The van der Waals surface area contributed by atoms with Crippen LogP contribution in [0.4, 0.5) is 0 Å². The minimum Gasteiger partial charge on any atom is -0.476 e. The first kappa shape index (κ1) is 41.1. The van der Waals surface area contributed by atoms with Crippen LogP contribution in [0, 0.1) is 19.8 Å². The fraction of sp³-hybridized carbons (Fsp3) is 0.594. The number of aryl methyl sites for hydroxylation is 2. The van der Waals surface area contributed by atoms with Gasteiger partial charge in [0, 0.05) is 32.1 Å². The summed E-state index contributed by atoms with van der Waals surface area (Å²) in [6, 6.07) is 0. The Morgan fingerprint density at radius 1 is 0.846 bits per heavy atom. The average Bonchev–Trinajstić information content (AvgIpc) is 3.87. The van der Waals surface area contributed by atoms with Gasteiger partial charge in [0.2, 0.25) is 22.8 Å². The zero-order valence-corrected chi connectivity index (χ0v) is 32.9. The first-order valence-electron chi connectivity index (χ1n) is 16.0. The van der Waals surface area contributed by atoms with E-state index in [4.69, 9.17) is 47.2 Å². The van der Waals surface area contributed by atoms with Gasteiger partial charge < -0.3 is 24.3 Å². The highest BCUT2D eigenvalue weighted by atomic mass is 35.5. The zero-order chi connectivity index (χ0) is 38.8. The fourth-order valence-corrected chi connectivity index (χ4v) is 6.46. The number of ether oxygens (including phenoxy) is 2. The van der Waals surface area contributed by atoms with Crippen molar-refractivity contribution >= 4 is 86.9 Å². The number of amides is 1. The Morgan fingerprint density at radius 2 is 1.27 bits per heavy atom. The Kier molecular flexibility index (Phi) is 12.4. The number of carboxylic acids is 1. The number of hydrogen-bond acceptors (Lipinski definition) is 16. The Labute approximate surface area is 317 Å². The highest BCUT2D eigenvalue weighted by molar-refractivity contribution is 7.16. The molecule has 0 aromatic carbocycles. The molecule has 0 bridgehead atoms. The topological polar surface area (TPSA) is 214 Å². The number of aliphatic carboxylic acids is 1. The van der Waals surface area contributed by atoms with Crippen LogP contribution in [0.25, 0.3) is 0 Å². The van der Waals surface area contributed by atoms with Crippen LogP contribution in [-0.2, 0) is 48.0 Å². The number of carboxylic acid groups (broad SMARTS) is 1. The summed E-state index contributed by atoms with van der Waals surface area (Å²) in [5, 5.41) is 18.1. The number of nitrogens with zero attached hydrogens (tertiary/aromatic N) is 4. The molecular weight excluding hydrogens is 765 g/mol. The molecule has 3 heterocycles. The number of nitrogens with one attached hydrogen (secondary N) is 1. The van der Waals surface area contributed by atoms with E-state index < -0.39 is 57.7 Å². The summed E-state index contributed by atoms with van der Waals surface area (Å²) in [6.45, 7) is 14.0. The fourth-order valence-electron chi connectivity index (χ4n) is 4.25. The number of hydrogen-bond donors (Lipinski definition) is 2. The monoisotopic (exact) mass is 803 g/mol. The molecule has 1 saturated heterocycles. The number of Topliss-reactive ketones (excluding diaryl/α,β-unsaturated/α-hetero) is 1. The van der Waals surface area contributed by atoms with Gasteiger partial charge in [0.1, 0.15) is 31.3 Å². The molecule has 0 spiro atoms. The number of ketones is 1. The molecule has 16 nitrogen and oxygen atoms in total. The van der Waals surface area contributed by atoms with E-state index in [9.17, 15) is 29.1 Å². The Bertz CT molecular complexity index is 1800. The molecule has 3 aliphatic rings. The van der Waals surface area contributed by atoms with Crippen molar-refractivity contribution in [3.05, 3.63) is 30.1 Å². The molecule has 1 aliphatic heterocycles. The van der Waals surface area contributed by atoms with E-state index in [0.717, 1.165) is 11.3 Å². The molecule has 2 aromatic heterocycles. The molecular formula is C32H39Cl2N5O11S2. The molecule has 0 radical (unpaired) electrons. The number of carbonyl (C=O) groups excluding carboxylic acids is 4. The van der Waals surface area contributed by atoms with Gasteiger partial charge in [0.25, 0.3) is 0 Å². The van der Waals surface area contributed by atoms with Gasteiger partial charge in [-0.25, -0.2) is 29.8 Å². The summed E-state index contributed by atoms with van der Waals surface area (Å²) in [5.74, 6) is -3.94. The van der Waals surface area contributed by atoms with E-state index in [0.29, 0.717) is 35.7 Å². The minimum atomic E-state index is -1.34. The van der Waals surface area contributed by atoms with Gasteiger partial charge >= 0.3 is 17.9 Å². The van der Waals surface area contributed by atoms with Gasteiger partial charge in [0.05, 0.1) is 22.5 Å². The van der Waals surface area contributed by atoms with Crippen LogP contribution >= 0.6 is 45.9 Å². The van der Waals surface area contributed by atoms with Crippen molar-refractivity contribution in [2.75, 3.05) is 6.61 Å². The highest BCUT2D eigenvalue weighted by Crippen LogP contribution is 2.43. The third kappa shape index (κ3) is 10.7. The van der Waals surface area contributed by atoms with E-state index in [1.807, 2.05) is 0 Å². The summed E-state index contributed by atoms with van der Waals surface area (Å²) in [5.41, 5.74) is -1.94. The van der Waals surface area contributed by atoms with Gasteiger partial charge in [-0.2, -0.15) is 0 Å². The first-order chi connectivity index (χ1) is 24.0. The second-order valence-electron chi connectivity index (χ2n) is 14.2. The van der Waals surface area contributed by atoms with Crippen LogP contribution in [0.1, 0.15) is 95.0 Å². The lowest BCUT2D eigenvalue weighted by Gasteiger charge is -2.22. The maximum absolute atomic E-state index is 12.9. The van der Waals surface area contributed by atoms with Gasteiger partial charge in [-0.1, -0.05) is 33.5 Å². The van der Waals surface area contributed by atoms with E-state index in [1.54, 1.807) is 55.4 Å². The molecule has 1 atom stereocenters. The minimum absolute atomic E-state index is 0.0293. The highest BCUT2D eigenvalue weighted by Gasteiger charge is 2.57. The SMILES string of the molecule is Cc1nc(/C(=N/OC2(C(=O)OC(C)(C)C)CC2)C(=O)C[C@H]2CONC2=O)c(Cl)s1.Cc1nc(/C(=N/OC2(C(=O)OC(C)(C)C)CC2)C(=O)O)c(Cl)s1. The van der Waals surface area contributed by atoms with Crippen LogP contribution in [0.15, 0.2) is 10.3 Å². The number of halogens is 2. The number of esters is 2. The molecule has 52 heavy (non-hydrogen) atoms. The van der Waals surface area contributed by atoms with Crippen molar-refractivity contribution in [1.82, 2.24) is 15.4 Å². The molecule has 1 amide bonds. The average molecular weight is 805 g/mol. The Hall–Kier alpha value is -3.71. The van der Waals surface area contributed by atoms with E-state index in [1.165, 1.54) is 11.3 Å². The normalized spacial score (nSPS) is 19.1. The van der Waals surface area contributed by atoms with Crippen LogP contribution in [0.2, 0.25) is 8.67 Å². The maximum atomic E-state index is 12.9. The predicted molar refractivity (Wildman–Crippen MR) is 189 cm³/mol. The lowest BCUT2D eigenvalue weighted by atomic mass is 10.00. The summed E-state index contributed by atoms with van der Waals surface area (Å²) in [4.78, 5) is 84.5. The van der Waals surface area contributed by atoms with Crippen molar-refractivity contribution < 1.29 is 53.1 Å². The second kappa shape index (κ2) is 15.7. The number of oxime groups is 2. The van der Waals surface area contributed by atoms with Gasteiger partial charge in [0.15, 0.2) is 11.5 Å². The summed E-state index contributed by atoms with van der Waals surface area (Å²) < 4.78 is 11.1. The molecule has 2 N–H and O–H groups in total. The zero-order valence-electron chi connectivity index (χ0n) is 29.7. The lowest BCUT2D eigenvalue weighted by molar-refractivity contribution is -0.172. The molecule has 284 valence electrons. The summed E-state index contributed by atoms with van der Waals surface area (Å²) in [7, 11) is 0. The van der Waals surface area contributed by atoms with Crippen LogP contribution in [0.3, 0.4) is 0 Å². The number of thiazole rings is 2. The Balaban J connectivity index is 0.000000239. The van der Waals surface area contributed by atoms with Crippen LogP contribution in [0.5, 0.6) is 0 Å². The van der Waals surface area contributed by atoms with Gasteiger partial charge in [-0.15, -0.1) is 22.7 Å². The van der Waals surface area contributed by atoms with Crippen LogP contribution in [-0.4, -0.2) is 85.1 Å². The predicted octanol–water partition coefficient (Wildman–Crippen LogP) is 5.12. The number of hydroxylamine groups is 1. The molecule has 2 saturated carbocycles. The van der Waals surface area contributed by atoms with E-state index >= 15 is 0 Å². The number of rotatable bonds is 12. The van der Waals surface area contributed by atoms with Crippen molar-refractivity contribution in [1.29, 1.82) is 0 Å². The number of carbonyl (C=O) groups is 5. The second-order valence-corrected chi connectivity index (χ2v) is 17.8. The van der Waals surface area contributed by atoms with Gasteiger partial charge in [-0.05, 0) is 55.4 Å². The Morgan fingerprint density at radius 3 is 1.60 bits per heavy atom. The van der Waals surface area contributed by atoms with E-state index in [-0.39, 0.29) is 44.7 Å². The van der Waals surface area contributed by atoms with Crippen molar-refractivity contribution in [3.8, 4) is 0 Å². The van der Waals surface area contributed by atoms with E-state index in [2.05, 4.69) is 25.8 Å². The van der Waals surface area contributed by atoms with Crippen molar-refractivity contribution in [2.45, 2.75) is 110 Å². The third-order valence-corrected chi connectivity index (χ3v) is 9.47. The third-order valence-electron chi connectivity index (χ3n) is 7.13. The molecule has 0 unspecified atom stereocenters. The smallest absolute Gasteiger partial charge is 0.360 e. The molecule has 3 fully saturated rings. The number of aromatic nitrogens is 2. The molecule has 5 rings (SSSR count). The quantitative estimate of drug-likeness (QED) is 0.162.